The predicted octanol–water partition coefficient (Wildman–Crippen LogP) is 3.24. The topological polar surface area (TPSA) is 131 Å². The molecule has 0 saturated heterocycles. The van der Waals surface area contributed by atoms with Crippen LogP contribution in [0.25, 0.3) is 0 Å². The summed E-state index contributed by atoms with van der Waals surface area (Å²) in [4.78, 5) is 32.8. The van der Waals surface area contributed by atoms with E-state index in [-0.39, 0.29) is 35.6 Å². The third-order valence-corrected chi connectivity index (χ3v) is 6.93. The fourth-order valence-corrected chi connectivity index (χ4v) is 5.32. The molecule has 2 amide bonds. The van der Waals surface area contributed by atoms with E-state index in [1.807, 2.05) is 12.1 Å². The molecule has 33 heavy (non-hydrogen) atoms. The van der Waals surface area contributed by atoms with E-state index >= 15 is 0 Å². The smallest absolute Gasteiger partial charge is 0.229 e. The Morgan fingerprint density at radius 1 is 1.27 bits per heavy atom. The summed E-state index contributed by atoms with van der Waals surface area (Å²) < 4.78 is 5.67. The van der Waals surface area contributed by atoms with Crippen molar-refractivity contribution in [1.29, 1.82) is 0 Å². The lowest BCUT2D eigenvalue weighted by molar-refractivity contribution is -0.122. The van der Waals surface area contributed by atoms with Crippen LogP contribution >= 0.6 is 11.6 Å². The number of halogens is 1. The van der Waals surface area contributed by atoms with E-state index in [0.29, 0.717) is 41.1 Å². The highest BCUT2D eigenvalue weighted by Gasteiger charge is 2.47. The summed E-state index contributed by atoms with van der Waals surface area (Å²) in [7, 11) is 1.59. The molecule has 0 spiro atoms. The lowest BCUT2D eigenvalue weighted by atomic mass is 9.88. The standard InChI is InChI=1S/C23H25ClN6O3/c1-33-20-13-3-2-4-17(31)27-15(13)7-8-16(20)28-23-26-10-14(24)22(30-23)29-19-12-6-5-11(9-12)18(19)21(25)32/h5-8,10-12,18-19H,2-4,9H2,1H3,(H2,25,32)(H,27,31)(H2,26,28,29,30). The number of hydrogen-bond donors (Lipinski definition) is 4. The van der Waals surface area contributed by atoms with E-state index in [2.05, 4.69) is 38.1 Å². The van der Waals surface area contributed by atoms with Crippen LogP contribution in [-0.4, -0.2) is 34.9 Å². The van der Waals surface area contributed by atoms with Crippen molar-refractivity contribution in [3.63, 3.8) is 0 Å². The van der Waals surface area contributed by atoms with Gasteiger partial charge in [-0.15, -0.1) is 0 Å². The SMILES string of the molecule is COc1c(Nc2ncc(Cl)c(NC3C4C=CC(C4)C3C(N)=O)n2)ccc2c1CCCC(=O)N2. The Bertz CT molecular complexity index is 1150. The van der Waals surface area contributed by atoms with Gasteiger partial charge in [-0.25, -0.2) is 4.98 Å². The number of allylic oxidation sites excluding steroid dienone is 1. The number of amides is 2. The van der Waals surface area contributed by atoms with Crippen LogP contribution in [0, 0.1) is 17.8 Å². The number of methoxy groups -OCH3 is 1. The molecule has 0 radical (unpaired) electrons. The van der Waals surface area contributed by atoms with E-state index in [4.69, 9.17) is 22.1 Å². The van der Waals surface area contributed by atoms with Gasteiger partial charge in [-0.05, 0) is 43.2 Å². The Labute approximate surface area is 196 Å². The second kappa shape index (κ2) is 8.55. The van der Waals surface area contributed by atoms with Crippen molar-refractivity contribution in [2.75, 3.05) is 23.1 Å². The molecule has 1 aromatic heterocycles. The first kappa shape index (κ1) is 21.5. The lowest BCUT2D eigenvalue weighted by Gasteiger charge is -2.27. The number of nitrogens with zero attached hydrogens (tertiary/aromatic N) is 2. The zero-order valence-corrected chi connectivity index (χ0v) is 18.9. The maximum absolute atomic E-state index is 12.0. The fraction of sp³-hybridized carbons (Fsp3) is 0.391. The minimum Gasteiger partial charge on any atom is -0.494 e. The molecule has 172 valence electrons. The van der Waals surface area contributed by atoms with Crippen LogP contribution < -0.4 is 26.4 Å². The summed E-state index contributed by atoms with van der Waals surface area (Å²) >= 11 is 6.38. The average molecular weight is 469 g/mol. The molecule has 2 bridgehead atoms. The van der Waals surface area contributed by atoms with Crippen LogP contribution in [0.5, 0.6) is 5.75 Å². The van der Waals surface area contributed by atoms with Gasteiger partial charge in [0, 0.05) is 23.7 Å². The lowest BCUT2D eigenvalue weighted by Crippen LogP contribution is -2.41. The van der Waals surface area contributed by atoms with Crippen LogP contribution in [0.2, 0.25) is 5.02 Å². The van der Waals surface area contributed by atoms with Gasteiger partial charge in [0.25, 0.3) is 0 Å². The number of fused-ring (bicyclic) bond motifs is 3. The van der Waals surface area contributed by atoms with Crippen molar-refractivity contribution in [2.24, 2.45) is 23.5 Å². The molecule has 9 nitrogen and oxygen atoms in total. The normalized spacial score (nSPS) is 25.2. The van der Waals surface area contributed by atoms with Crippen LogP contribution in [0.15, 0.2) is 30.5 Å². The van der Waals surface area contributed by atoms with Crippen LogP contribution in [0.3, 0.4) is 0 Å². The summed E-state index contributed by atoms with van der Waals surface area (Å²) in [6, 6.07) is 3.50. The van der Waals surface area contributed by atoms with Gasteiger partial charge in [0.1, 0.15) is 10.8 Å². The third-order valence-electron chi connectivity index (χ3n) is 6.65. The zero-order valence-electron chi connectivity index (χ0n) is 18.1. The molecular weight excluding hydrogens is 444 g/mol. The minimum atomic E-state index is -0.324. The van der Waals surface area contributed by atoms with E-state index in [1.54, 1.807) is 7.11 Å². The number of benzene rings is 1. The molecule has 4 atom stereocenters. The summed E-state index contributed by atoms with van der Waals surface area (Å²) in [6.07, 6.45) is 8.52. The maximum atomic E-state index is 12.0. The number of nitrogens with one attached hydrogen (secondary N) is 3. The van der Waals surface area contributed by atoms with Gasteiger partial charge in [0.2, 0.25) is 17.8 Å². The number of carbonyl (C=O) groups excluding carboxylic acids is 2. The third kappa shape index (κ3) is 3.97. The first-order valence-corrected chi connectivity index (χ1v) is 11.4. The van der Waals surface area contributed by atoms with E-state index in [1.165, 1.54) is 6.20 Å². The van der Waals surface area contributed by atoms with Crippen molar-refractivity contribution in [3.8, 4) is 5.75 Å². The summed E-state index contributed by atoms with van der Waals surface area (Å²) in [6.45, 7) is 0. The first-order valence-electron chi connectivity index (χ1n) is 11.0. The number of anilines is 4. The van der Waals surface area contributed by atoms with Gasteiger partial charge in [-0.2, -0.15) is 4.98 Å². The number of ether oxygens (including phenoxy) is 1. The molecule has 2 aliphatic carbocycles. The highest BCUT2D eigenvalue weighted by atomic mass is 35.5. The highest BCUT2D eigenvalue weighted by Crippen LogP contribution is 2.45. The van der Waals surface area contributed by atoms with Gasteiger partial charge in [-0.1, -0.05) is 23.8 Å². The van der Waals surface area contributed by atoms with E-state index < -0.39 is 0 Å². The Morgan fingerprint density at radius 2 is 2.09 bits per heavy atom. The molecule has 1 fully saturated rings. The van der Waals surface area contributed by atoms with Gasteiger partial charge in [0.15, 0.2) is 5.82 Å². The summed E-state index contributed by atoms with van der Waals surface area (Å²) in [5, 5.41) is 9.81. The average Bonchev–Trinajstić information content (AvgIpc) is 3.33. The Morgan fingerprint density at radius 3 is 2.88 bits per heavy atom. The van der Waals surface area contributed by atoms with Crippen molar-refractivity contribution in [3.05, 3.63) is 41.1 Å². The molecule has 5 N–H and O–H groups in total. The molecule has 3 aliphatic rings. The number of nitrogens with two attached hydrogens (primary N) is 1. The molecular formula is C23H25ClN6O3. The molecule has 1 aromatic carbocycles. The molecule has 2 aromatic rings. The first-order chi connectivity index (χ1) is 15.9. The van der Waals surface area contributed by atoms with Crippen molar-refractivity contribution in [1.82, 2.24) is 9.97 Å². The van der Waals surface area contributed by atoms with Gasteiger partial charge >= 0.3 is 0 Å². The summed E-state index contributed by atoms with van der Waals surface area (Å²) in [5.74, 6) is 1.12. The maximum Gasteiger partial charge on any atom is 0.229 e. The highest BCUT2D eigenvalue weighted by molar-refractivity contribution is 6.32. The fourth-order valence-electron chi connectivity index (χ4n) is 5.18. The zero-order chi connectivity index (χ0) is 23.1. The van der Waals surface area contributed by atoms with Crippen LogP contribution in [0.4, 0.5) is 23.1 Å². The Hall–Kier alpha value is -3.33. The number of rotatable bonds is 6. The van der Waals surface area contributed by atoms with Crippen molar-refractivity contribution >= 4 is 46.6 Å². The second-order valence-electron chi connectivity index (χ2n) is 8.64. The van der Waals surface area contributed by atoms with Crippen molar-refractivity contribution < 1.29 is 14.3 Å². The number of carbonyl (C=O) groups is 2. The number of hydrogen-bond acceptors (Lipinski definition) is 7. The Kier molecular flexibility index (Phi) is 5.57. The Balaban J connectivity index is 1.41. The number of primary amides is 1. The van der Waals surface area contributed by atoms with Crippen molar-refractivity contribution in [2.45, 2.75) is 31.7 Å². The minimum absolute atomic E-state index is 0.00186. The van der Waals surface area contributed by atoms with E-state index in [0.717, 1.165) is 24.1 Å². The largest absolute Gasteiger partial charge is 0.494 e. The van der Waals surface area contributed by atoms with Gasteiger partial charge < -0.3 is 26.4 Å². The van der Waals surface area contributed by atoms with Crippen LogP contribution in [0.1, 0.15) is 24.8 Å². The quantitative estimate of drug-likeness (QED) is 0.478. The second-order valence-corrected chi connectivity index (χ2v) is 9.04. The molecule has 1 aliphatic heterocycles. The predicted molar refractivity (Wildman–Crippen MR) is 126 cm³/mol. The molecule has 4 unspecified atom stereocenters. The monoisotopic (exact) mass is 468 g/mol. The molecule has 5 rings (SSSR count). The van der Waals surface area contributed by atoms with E-state index in [9.17, 15) is 9.59 Å². The van der Waals surface area contributed by atoms with Gasteiger partial charge in [0.05, 0.1) is 24.9 Å². The summed E-state index contributed by atoms with van der Waals surface area (Å²) in [5.41, 5.74) is 8.03. The van der Waals surface area contributed by atoms with Crippen LogP contribution in [-0.2, 0) is 16.0 Å². The molecule has 2 heterocycles. The molecule has 10 heteroatoms. The number of aromatic nitrogens is 2. The van der Waals surface area contributed by atoms with Gasteiger partial charge in [-0.3, -0.25) is 9.59 Å². The molecule has 1 saturated carbocycles.